The van der Waals surface area contributed by atoms with Crippen LogP contribution in [0, 0.1) is 0 Å². The van der Waals surface area contributed by atoms with E-state index in [1.165, 1.54) is 0 Å². The van der Waals surface area contributed by atoms with Gasteiger partial charge in [0.05, 0.1) is 12.0 Å². The maximum Gasteiger partial charge on any atom is 0.169 e. The van der Waals surface area contributed by atoms with Crippen molar-refractivity contribution in [1.82, 2.24) is 0 Å². The zero-order valence-electron chi connectivity index (χ0n) is 9.69. The molecule has 84 valence electrons. The molecule has 1 aromatic rings. The molecule has 1 aliphatic rings. The van der Waals surface area contributed by atoms with Crippen LogP contribution in [0.5, 0.6) is 0 Å². The summed E-state index contributed by atoms with van der Waals surface area (Å²) >= 11 is 0. The molecule has 0 aliphatic heterocycles. The van der Waals surface area contributed by atoms with Gasteiger partial charge in [0.15, 0.2) is 5.78 Å². The lowest BCUT2D eigenvalue weighted by Gasteiger charge is -2.22. The second kappa shape index (κ2) is 4.12. The first-order chi connectivity index (χ1) is 7.66. The van der Waals surface area contributed by atoms with Gasteiger partial charge in [-0.3, -0.25) is 4.79 Å². The lowest BCUT2D eigenvalue weighted by atomic mass is 9.79. The first-order valence-corrected chi connectivity index (χ1v) is 5.60. The topological polar surface area (TPSA) is 26.3 Å². The van der Waals surface area contributed by atoms with Crippen LogP contribution < -0.4 is 0 Å². The monoisotopic (exact) mass is 216 g/mol. The van der Waals surface area contributed by atoms with E-state index in [0.717, 1.165) is 11.3 Å². The summed E-state index contributed by atoms with van der Waals surface area (Å²) in [4.78, 5) is 12.0. The molecule has 0 radical (unpaired) electrons. The molecule has 0 amide bonds. The Labute approximate surface area is 95.9 Å². The number of hydrogen-bond acceptors (Lipinski definition) is 2. The predicted octanol–water partition coefficient (Wildman–Crippen LogP) is 2.84. The van der Waals surface area contributed by atoms with E-state index in [0.29, 0.717) is 13.0 Å². The molecule has 0 saturated heterocycles. The van der Waals surface area contributed by atoms with Crippen LogP contribution in [-0.4, -0.2) is 12.4 Å². The Hall–Kier alpha value is -1.57. The number of carbonyl (C=O) groups excluding carboxylic acids is 1. The molecule has 1 atom stereocenters. The largest absolute Gasteiger partial charge is 0.498 e. The van der Waals surface area contributed by atoms with Gasteiger partial charge in [-0.05, 0) is 19.4 Å². The van der Waals surface area contributed by atoms with Crippen LogP contribution in [0.1, 0.15) is 25.8 Å². The van der Waals surface area contributed by atoms with Crippen LogP contribution in [0.4, 0.5) is 0 Å². The van der Waals surface area contributed by atoms with Crippen LogP contribution >= 0.6 is 0 Å². The summed E-state index contributed by atoms with van der Waals surface area (Å²) in [6.07, 6.45) is 2.31. The Balaban J connectivity index is 2.27. The third kappa shape index (κ3) is 1.75. The van der Waals surface area contributed by atoms with Gasteiger partial charge in [0, 0.05) is 12.5 Å². The summed E-state index contributed by atoms with van der Waals surface area (Å²) < 4.78 is 5.43. The lowest BCUT2D eigenvalue weighted by molar-refractivity contribution is -0.118. The molecular weight excluding hydrogens is 200 g/mol. The van der Waals surface area contributed by atoms with Gasteiger partial charge in [-0.2, -0.15) is 0 Å². The van der Waals surface area contributed by atoms with Crippen LogP contribution in [0.25, 0.3) is 0 Å². The average molecular weight is 216 g/mol. The zero-order chi connectivity index (χ0) is 11.6. The van der Waals surface area contributed by atoms with Crippen LogP contribution in [-0.2, 0) is 14.9 Å². The zero-order valence-corrected chi connectivity index (χ0v) is 9.69. The fraction of sp³-hybridized carbons (Fsp3) is 0.357. The molecule has 16 heavy (non-hydrogen) atoms. The van der Waals surface area contributed by atoms with Gasteiger partial charge in [0.25, 0.3) is 0 Å². The van der Waals surface area contributed by atoms with Crippen LogP contribution in [0.2, 0.25) is 0 Å². The Kier molecular flexibility index (Phi) is 2.82. The van der Waals surface area contributed by atoms with E-state index in [4.69, 9.17) is 4.74 Å². The Bertz CT molecular complexity index is 420. The van der Waals surface area contributed by atoms with E-state index in [1.54, 1.807) is 6.08 Å². The minimum Gasteiger partial charge on any atom is -0.498 e. The molecule has 2 rings (SSSR count). The minimum atomic E-state index is -0.439. The van der Waals surface area contributed by atoms with Crippen LogP contribution in [0.15, 0.2) is 42.2 Å². The molecule has 0 aromatic heterocycles. The van der Waals surface area contributed by atoms with E-state index in [9.17, 15) is 4.79 Å². The third-order valence-electron chi connectivity index (χ3n) is 3.10. The highest BCUT2D eigenvalue weighted by Gasteiger charge is 2.40. The first kappa shape index (κ1) is 10.9. The van der Waals surface area contributed by atoms with Crippen molar-refractivity contribution in [3.8, 4) is 0 Å². The van der Waals surface area contributed by atoms with Crippen molar-refractivity contribution in [3.63, 3.8) is 0 Å². The van der Waals surface area contributed by atoms with Gasteiger partial charge < -0.3 is 4.74 Å². The fourth-order valence-electron chi connectivity index (χ4n) is 2.12. The highest BCUT2D eigenvalue weighted by Crippen LogP contribution is 2.37. The smallest absolute Gasteiger partial charge is 0.169 e. The van der Waals surface area contributed by atoms with E-state index < -0.39 is 5.41 Å². The SMILES string of the molecule is CCOC1=CC(=O)C(C)(c2ccccc2)C1. The minimum absolute atomic E-state index is 0.141. The number of ether oxygens (including phenoxy) is 1. The van der Waals surface area contributed by atoms with Gasteiger partial charge in [-0.25, -0.2) is 0 Å². The molecule has 0 spiro atoms. The van der Waals surface area contributed by atoms with Gasteiger partial charge in [0.1, 0.15) is 5.76 Å². The molecular formula is C14H16O2. The number of allylic oxidation sites excluding steroid dienone is 2. The number of ketones is 1. The predicted molar refractivity (Wildman–Crippen MR) is 63.1 cm³/mol. The Morgan fingerprint density at radius 3 is 2.62 bits per heavy atom. The van der Waals surface area contributed by atoms with Crippen molar-refractivity contribution in [2.75, 3.05) is 6.61 Å². The molecule has 0 heterocycles. The summed E-state index contributed by atoms with van der Waals surface area (Å²) in [5.74, 6) is 0.945. The van der Waals surface area contributed by atoms with Crippen molar-refractivity contribution < 1.29 is 9.53 Å². The molecule has 0 saturated carbocycles. The molecule has 0 fully saturated rings. The van der Waals surface area contributed by atoms with E-state index in [1.807, 2.05) is 44.2 Å². The maximum absolute atomic E-state index is 12.0. The quantitative estimate of drug-likeness (QED) is 0.776. The number of rotatable bonds is 3. The Morgan fingerprint density at radius 2 is 2.00 bits per heavy atom. The van der Waals surface area contributed by atoms with E-state index in [2.05, 4.69) is 0 Å². The summed E-state index contributed by atoms with van der Waals surface area (Å²) in [7, 11) is 0. The van der Waals surface area contributed by atoms with Gasteiger partial charge in [-0.15, -0.1) is 0 Å². The second-order valence-corrected chi connectivity index (χ2v) is 4.28. The molecule has 0 N–H and O–H groups in total. The molecule has 1 aromatic carbocycles. The average Bonchev–Trinajstić information content (AvgIpc) is 2.57. The molecule has 0 bridgehead atoms. The number of benzene rings is 1. The first-order valence-electron chi connectivity index (χ1n) is 5.60. The molecule has 2 heteroatoms. The standard InChI is InChI=1S/C14H16O2/c1-3-16-12-9-13(15)14(2,10-12)11-7-5-4-6-8-11/h4-9H,3,10H2,1-2H3. The lowest BCUT2D eigenvalue weighted by Crippen LogP contribution is -2.27. The second-order valence-electron chi connectivity index (χ2n) is 4.28. The van der Waals surface area contributed by atoms with Gasteiger partial charge in [0.2, 0.25) is 0 Å². The highest BCUT2D eigenvalue weighted by atomic mass is 16.5. The van der Waals surface area contributed by atoms with Crippen LogP contribution in [0.3, 0.4) is 0 Å². The number of hydrogen-bond donors (Lipinski definition) is 0. The number of carbonyl (C=O) groups is 1. The van der Waals surface area contributed by atoms with Crippen molar-refractivity contribution in [1.29, 1.82) is 0 Å². The van der Waals surface area contributed by atoms with E-state index in [-0.39, 0.29) is 5.78 Å². The molecule has 1 aliphatic carbocycles. The van der Waals surface area contributed by atoms with Gasteiger partial charge in [-0.1, -0.05) is 30.3 Å². The summed E-state index contributed by atoms with van der Waals surface area (Å²) in [5, 5.41) is 0. The summed E-state index contributed by atoms with van der Waals surface area (Å²) in [5.41, 5.74) is 0.622. The third-order valence-corrected chi connectivity index (χ3v) is 3.10. The van der Waals surface area contributed by atoms with Crippen molar-refractivity contribution in [3.05, 3.63) is 47.7 Å². The Morgan fingerprint density at radius 1 is 1.31 bits per heavy atom. The van der Waals surface area contributed by atoms with Crippen molar-refractivity contribution in [2.45, 2.75) is 25.7 Å². The van der Waals surface area contributed by atoms with Gasteiger partial charge >= 0.3 is 0 Å². The van der Waals surface area contributed by atoms with Crippen molar-refractivity contribution >= 4 is 5.78 Å². The highest BCUT2D eigenvalue weighted by molar-refractivity contribution is 6.01. The molecule has 1 unspecified atom stereocenters. The fourth-order valence-corrected chi connectivity index (χ4v) is 2.12. The van der Waals surface area contributed by atoms with E-state index >= 15 is 0 Å². The normalized spacial score (nSPS) is 24.4. The summed E-state index contributed by atoms with van der Waals surface area (Å²) in [6.45, 7) is 4.53. The van der Waals surface area contributed by atoms with Crippen molar-refractivity contribution in [2.24, 2.45) is 0 Å². The summed E-state index contributed by atoms with van der Waals surface area (Å²) in [6, 6.07) is 9.89. The molecule has 2 nitrogen and oxygen atoms in total. The maximum atomic E-state index is 12.0.